The van der Waals surface area contributed by atoms with E-state index in [4.69, 9.17) is 10.2 Å². The van der Waals surface area contributed by atoms with Gasteiger partial charge < -0.3 is 20.4 Å². The van der Waals surface area contributed by atoms with Crippen LogP contribution in [0.2, 0.25) is 0 Å². The Morgan fingerprint density at radius 2 is 0.857 bits per heavy atom. The molecule has 0 aliphatic carbocycles. The SMILES string of the molecule is Cc1ccc(O)c(C)c1O.Cc1ccc(O)c(C)c1O.[MgH2]. The molecule has 0 radical (unpaired) electrons. The highest BCUT2D eigenvalue weighted by Gasteiger charge is 2.03. The van der Waals surface area contributed by atoms with Gasteiger partial charge in [0.1, 0.15) is 23.0 Å². The summed E-state index contributed by atoms with van der Waals surface area (Å²) in [5.74, 6) is 0.645. The molecule has 2 rings (SSSR count). The zero-order valence-corrected chi connectivity index (χ0v) is 12.1. The Morgan fingerprint density at radius 3 is 1.10 bits per heavy atom. The average molecular weight is 303 g/mol. The van der Waals surface area contributed by atoms with Crippen molar-refractivity contribution in [2.24, 2.45) is 0 Å². The number of aromatic hydroxyl groups is 4. The molecule has 0 aliphatic heterocycles. The molecule has 2 aromatic carbocycles. The van der Waals surface area contributed by atoms with E-state index in [-0.39, 0.29) is 46.1 Å². The maximum absolute atomic E-state index is 9.23. The third-order valence-electron chi connectivity index (χ3n) is 3.21. The Labute approximate surface area is 140 Å². The molecule has 0 bridgehead atoms. The van der Waals surface area contributed by atoms with Crippen LogP contribution in [0.1, 0.15) is 22.3 Å². The zero-order valence-electron chi connectivity index (χ0n) is 12.1. The minimum Gasteiger partial charge on any atom is -0.508 e. The Morgan fingerprint density at radius 1 is 0.571 bits per heavy atom. The first kappa shape index (κ1) is 19.4. The highest BCUT2D eigenvalue weighted by atomic mass is 24.3. The lowest BCUT2D eigenvalue weighted by Crippen LogP contribution is -1.79. The van der Waals surface area contributed by atoms with Gasteiger partial charge in [0.05, 0.1) is 0 Å². The Balaban J connectivity index is 0.000000364. The van der Waals surface area contributed by atoms with Crippen molar-refractivity contribution >= 4 is 23.1 Å². The number of hydrogen-bond donors (Lipinski definition) is 4. The van der Waals surface area contributed by atoms with E-state index in [9.17, 15) is 10.2 Å². The molecule has 112 valence electrons. The standard InChI is InChI=1S/2C8H10O2.Mg.2H/c2*1-5-3-4-7(9)6(2)8(5)10;;;/h2*3-4,9-10H,1-2H3;;;. The first-order chi connectivity index (χ1) is 9.25. The molecular weight excluding hydrogens is 280 g/mol. The minimum atomic E-state index is 0. The van der Waals surface area contributed by atoms with Gasteiger partial charge in [-0.1, -0.05) is 12.1 Å². The first-order valence-corrected chi connectivity index (χ1v) is 6.22. The van der Waals surface area contributed by atoms with Crippen molar-refractivity contribution in [2.45, 2.75) is 27.7 Å². The van der Waals surface area contributed by atoms with Gasteiger partial charge in [-0.3, -0.25) is 0 Å². The molecule has 4 nitrogen and oxygen atoms in total. The fourth-order valence-electron chi connectivity index (χ4n) is 1.65. The van der Waals surface area contributed by atoms with Crippen molar-refractivity contribution in [1.82, 2.24) is 0 Å². The Hall–Kier alpha value is -1.59. The molecule has 0 saturated carbocycles. The van der Waals surface area contributed by atoms with Gasteiger partial charge >= 0.3 is 23.1 Å². The van der Waals surface area contributed by atoms with E-state index < -0.39 is 0 Å². The lowest BCUT2D eigenvalue weighted by atomic mass is 10.1. The van der Waals surface area contributed by atoms with Crippen molar-refractivity contribution in [3.05, 3.63) is 46.5 Å². The van der Waals surface area contributed by atoms with Gasteiger partial charge in [-0.25, -0.2) is 0 Å². The summed E-state index contributed by atoms with van der Waals surface area (Å²) >= 11 is 0. The minimum absolute atomic E-state index is 0. The number of phenolic OH excluding ortho intramolecular Hbond substituents is 4. The van der Waals surface area contributed by atoms with Crippen LogP contribution < -0.4 is 0 Å². The van der Waals surface area contributed by atoms with Gasteiger partial charge in [-0.05, 0) is 51.0 Å². The van der Waals surface area contributed by atoms with Crippen LogP contribution in [0, 0.1) is 27.7 Å². The van der Waals surface area contributed by atoms with Crippen LogP contribution in [0.5, 0.6) is 23.0 Å². The van der Waals surface area contributed by atoms with Gasteiger partial charge in [-0.15, -0.1) is 0 Å². The summed E-state index contributed by atoms with van der Waals surface area (Å²) in [4.78, 5) is 0. The summed E-state index contributed by atoms with van der Waals surface area (Å²) in [5, 5.41) is 36.6. The smallest absolute Gasteiger partial charge is 0.316 e. The van der Waals surface area contributed by atoms with Crippen LogP contribution in [0.25, 0.3) is 0 Å². The molecule has 0 aliphatic rings. The van der Waals surface area contributed by atoms with Gasteiger partial charge in [-0.2, -0.15) is 0 Å². The number of aryl methyl sites for hydroxylation is 2. The zero-order chi connectivity index (χ0) is 15.4. The maximum Gasteiger partial charge on any atom is 0.316 e. The summed E-state index contributed by atoms with van der Waals surface area (Å²) in [5.41, 5.74) is 2.66. The van der Waals surface area contributed by atoms with Crippen LogP contribution >= 0.6 is 0 Å². The largest absolute Gasteiger partial charge is 0.508 e. The summed E-state index contributed by atoms with van der Waals surface area (Å²) < 4.78 is 0. The lowest BCUT2D eigenvalue weighted by molar-refractivity contribution is 0.439. The quantitative estimate of drug-likeness (QED) is 0.564. The lowest BCUT2D eigenvalue weighted by Gasteiger charge is -2.03. The van der Waals surface area contributed by atoms with Gasteiger partial charge in [0, 0.05) is 11.1 Å². The molecule has 0 spiro atoms. The monoisotopic (exact) mass is 302 g/mol. The molecular formula is C16H22MgO4. The maximum atomic E-state index is 9.23. The second-order valence-corrected chi connectivity index (χ2v) is 4.75. The molecule has 2 aromatic rings. The predicted octanol–water partition coefficient (Wildman–Crippen LogP) is 2.51. The van der Waals surface area contributed by atoms with Crippen LogP contribution in [-0.4, -0.2) is 43.5 Å². The Bertz CT molecular complexity index is 515. The number of hydrogen-bond acceptors (Lipinski definition) is 4. The van der Waals surface area contributed by atoms with Crippen molar-refractivity contribution in [1.29, 1.82) is 0 Å². The first-order valence-electron chi connectivity index (χ1n) is 6.22. The van der Waals surface area contributed by atoms with Crippen molar-refractivity contribution in [3.8, 4) is 23.0 Å². The van der Waals surface area contributed by atoms with E-state index in [0.717, 1.165) is 11.1 Å². The summed E-state index contributed by atoms with van der Waals surface area (Å²) in [6.45, 7) is 6.94. The van der Waals surface area contributed by atoms with E-state index in [2.05, 4.69) is 0 Å². The number of rotatable bonds is 0. The molecule has 0 aromatic heterocycles. The van der Waals surface area contributed by atoms with Crippen molar-refractivity contribution in [3.63, 3.8) is 0 Å². The van der Waals surface area contributed by atoms with E-state index >= 15 is 0 Å². The summed E-state index contributed by atoms with van der Waals surface area (Å²) in [6.07, 6.45) is 0. The van der Waals surface area contributed by atoms with E-state index in [1.807, 2.05) is 0 Å². The second-order valence-electron chi connectivity index (χ2n) is 4.75. The van der Waals surface area contributed by atoms with Gasteiger partial charge in [0.25, 0.3) is 0 Å². The molecule has 0 amide bonds. The van der Waals surface area contributed by atoms with Crippen LogP contribution in [0.15, 0.2) is 24.3 Å². The van der Waals surface area contributed by atoms with E-state index in [0.29, 0.717) is 11.1 Å². The van der Waals surface area contributed by atoms with E-state index in [1.54, 1.807) is 52.0 Å². The molecule has 5 heteroatoms. The van der Waals surface area contributed by atoms with Gasteiger partial charge in [0.2, 0.25) is 0 Å². The summed E-state index contributed by atoms with van der Waals surface area (Å²) in [6, 6.07) is 6.50. The molecule has 21 heavy (non-hydrogen) atoms. The molecule has 0 unspecified atom stereocenters. The normalized spacial score (nSPS) is 9.33. The third kappa shape index (κ3) is 4.72. The third-order valence-corrected chi connectivity index (χ3v) is 3.21. The van der Waals surface area contributed by atoms with Crippen LogP contribution in [-0.2, 0) is 0 Å². The highest BCUT2D eigenvalue weighted by molar-refractivity contribution is 5.75. The Kier molecular flexibility index (Phi) is 7.39. The molecule has 4 N–H and O–H groups in total. The molecule has 0 saturated heterocycles. The number of phenols is 4. The number of benzene rings is 2. The second kappa shape index (κ2) is 8.00. The van der Waals surface area contributed by atoms with Crippen molar-refractivity contribution < 1.29 is 20.4 Å². The van der Waals surface area contributed by atoms with E-state index in [1.165, 1.54) is 0 Å². The van der Waals surface area contributed by atoms with Crippen LogP contribution in [0.4, 0.5) is 0 Å². The predicted molar refractivity (Wildman–Crippen MR) is 87.0 cm³/mol. The van der Waals surface area contributed by atoms with Crippen molar-refractivity contribution in [2.75, 3.05) is 0 Å². The average Bonchev–Trinajstić information content (AvgIpc) is 2.43. The fourth-order valence-corrected chi connectivity index (χ4v) is 1.65. The van der Waals surface area contributed by atoms with Gasteiger partial charge in [0.15, 0.2) is 0 Å². The van der Waals surface area contributed by atoms with Crippen LogP contribution in [0.3, 0.4) is 0 Å². The molecule has 0 heterocycles. The summed E-state index contributed by atoms with van der Waals surface area (Å²) in [7, 11) is 0. The molecule has 0 fully saturated rings. The molecule has 0 atom stereocenters. The highest BCUT2D eigenvalue weighted by Crippen LogP contribution is 2.28. The fraction of sp³-hybridized carbons (Fsp3) is 0.250. The topological polar surface area (TPSA) is 80.9 Å².